The van der Waals surface area contributed by atoms with E-state index in [1.54, 1.807) is 37.3 Å². The van der Waals surface area contributed by atoms with Crippen LogP contribution in [-0.4, -0.2) is 52.2 Å². The Morgan fingerprint density at radius 1 is 1.13 bits per heavy atom. The van der Waals surface area contributed by atoms with Crippen molar-refractivity contribution in [2.24, 2.45) is 5.92 Å². The van der Waals surface area contributed by atoms with E-state index in [9.17, 15) is 14.7 Å². The molecule has 2 aliphatic rings. The van der Waals surface area contributed by atoms with Gasteiger partial charge >= 0.3 is 5.97 Å². The molecule has 2 fully saturated rings. The largest absolute Gasteiger partial charge is 0.465 e. The minimum atomic E-state index is -1.31. The van der Waals surface area contributed by atoms with E-state index in [-0.39, 0.29) is 30.9 Å². The molecule has 2 heterocycles. The van der Waals surface area contributed by atoms with E-state index in [2.05, 4.69) is 4.98 Å². The van der Waals surface area contributed by atoms with Crippen LogP contribution in [0.4, 0.5) is 0 Å². The molecule has 1 aliphatic heterocycles. The normalized spacial score (nSPS) is 23.9. The molecule has 39 heavy (non-hydrogen) atoms. The van der Waals surface area contributed by atoms with Crippen LogP contribution in [0.3, 0.4) is 0 Å². The number of amides is 1. The Bertz CT molecular complexity index is 1350. The van der Waals surface area contributed by atoms with E-state index in [0.29, 0.717) is 21.3 Å². The summed E-state index contributed by atoms with van der Waals surface area (Å²) < 4.78 is 11.5. The molecule has 0 bridgehead atoms. The van der Waals surface area contributed by atoms with Crippen molar-refractivity contribution in [3.63, 3.8) is 0 Å². The molecule has 2 aromatic carbocycles. The number of benzene rings is 2. The first-order valence-corrected chi connectivity index (χ1v) is 13.7. The third-order valence-electron chi connectivity index (χ3n) is 7.52. The molecule has 0 radical (unpaired) electrons. The van der Waals surface area contributed by atoms with Crippen LogP contribution in [0.15, 0.2) is 66.9 Å². The second-order valence-electron chi connectivity index (χ2n) is 10.3. The minimum absolute atomic E-state index is 0.162. The van der Waals surface area contributed by atoms with Gasteiger partial charge in [-0.1, -0.05) is 47.5 Å². The summed E-state index contributed by atoms with van der Waals surface area (Å²) in [6, 6.07) is 17.2. The number of hydrogen-bond acceptors (Lipinski definition) is 6. The van der Waals surface area contributed by atoms with Crippen LogP contribution in [0, 0.1) is 5.92 Å². The fourth-order valence-corrected chi connectivity index (χ4v) is 5.73. The van der Waals surface area contributed by atoms with Crippen molar-refractivity contribution in [3.05, 3.63) is 99.3 Å². The molecule has 0 spiro atoms. The lowest BCUT2D eigenvalue weighted by Crippen LogP contribution is -2.62. The molecule has 1 aromatic heterocycles. The monoisotopic (exact) mass is 568 g/mol. The van der Waals surface area contributed by atoms with Crippen LogP contribution in [-0.2, 0) is 20.7 Å². The number of aromatic nitrogens is 1. The first kappa shape index (κ1) is 27.6. The number of carbonyl (C=O) groups is 2. The number of morpholine rings is 1. The van der Waals surface area contributed by atoms with E-state index in [0.717, 1.165) is 24.0 Å². The minimum Gasteiger partial charge on any atom is -0.465 e. The molecule has 1 amide bonds. The smallest absolute Gasteiger partial charge is 0.339 e. The molecule has 1 unspecified atom stereocenters. The third kappa shape index (κ3) is 5.68. The van der Waals surface area contributed by atoms with Gasteiger partial charge in [0.15, 0.2) is 5.60 Å². The highest BCUT2D eigenvalue weighted by molar-refractivity contribution is 6.30. The van der Waals surface area contributed by atoms with Crippen LogP contribution in [0.25, 0.3) is 0 Å². The maximum absolute atomic E-state index is 14.4. The number of rotatable bonds is 8. The maximum atomic E-state index is 14.4. The number of methoxy groups -OCH3 is 1. The molecule has 3 aromatic rings. The van der Waals surface area contributed by atoms with Gasteiger partial charge in [0.2, 0.25) is 0 Å². The Labute approximate surface area is 237 Å². The summed E-state index contributed by atoms with van der Waals surface area (Å²) in [6.45, 7) is 1.60. The number of esters is 1. The lowest BCUT2D eigenvalue weighted by atomic mass is 9.85. The van der Waals surface area contributed by atoms with E-state index >= 15 is 0 Å². The highest BCUT2D eigenvalue weighted by Gasteiger charge is 2.54. The van der Waals surface area contributed by atoms with Gasteiger partial charge in [0.25, 0.3) is 5.91 Å². The molecular weight excluding hydrogens is 539 g/mol. The average molecular weight is 569 g/mol. The zero-order valence-corrected chi connectivity index (χ0v) is 23.2. The molecular formula is C30H30Cl2N2O5. The van der Waals surface area contributed by atoms with Crippen molar-refractivity contribution in [1.29, 1.82) is 0 Å². The number of aliphatic hydroxyl groups excluding tert-OH is 1. The molecule has 9 heteroatoms. The highest BCUT2D eigenvalue weighted by atomic mass is 35.5. The van der Waals surface area contributed by atoms with Gasteiger partial charge in [0.05, 0.1) is 31.4 Å². The van der Waals surface area contributed by atoms with Gasteiger partial charge in [-0.25, -0.2) is 4.79 Å². The zero-order chi connectivity index (χ0) is 27.7. The first-order chi connectivity index (χ1) is 18.7. The van der Waals surface area contributed by atoms with Gasteiger partial charge in [-0.2, -0.15) is 0 Å². The summed E-state index contributed by atoms with van der Waals surface area (Å²) in [5.41, 5.74) is 1.25. The summed E-state index contributed by atoms with van der Waals surface area (Å²) in [5, 5.41) is 11.7. The Balaban J connectivity index is 1.60. The number of carbonyl (C=O) groups excluding carboxylic acids is 2. The summed E-state index contributed by atoms with van der Waals surface area (Å²) in [5.74, 6) is -0.516. The molecule has 1 saturated heterocycles. The SMILES string of the molecule is COC(=O)c1ccc(C[C@]2(C)O[C@H](c3cccc(Cl)c3)C(c3ccc(Cl)cc3)N([C@H](CO)C3CC3)C2=O)nc1. The van der Waals surface area contributed by atoms with Crippen molar-refractivity contribution < 1.29 is 24.2 Å². The van der Waals surface area contributed by atoms with Gasteiger partial charge in [-0.05, 0) is 73.2 Å². The van der Waals surface area contributed by atoms with E-state index in [1.807, 2.05) is 35.2 Å². The molecule has 4 atom stereocenters. The van der Waals surface area contributed by atoms with Crippen molar-refractivity contribution in [2.45, 2.75) is 50.0 Å². The van der Waals surface area contributed by atoms with Crippen molar-refractivity contribution in [1.82, 2.24) is 9.88 Å². The predicted molar refractivity (Wildman–Crippen MR) is 148 cm³/mol. The van der Waals surface area contributed by atoms with Crippen molar-refractivity contribution >= 4 is 35.1 Å². The molecule has 204 valence electrons. The standard InChI is InChI=1S/C30H30Cl2N2O5/c1-30(15-24-13-10-21(16-33-24)28(36)38-2)29(37)34(25(17-35)18-6-7-18)26(19-8-11-22(31)12-9-19)27(39-30)20-4-3-5-23(32)14-20/h3-5,8-14,16,18,25-27,35H,6-7,15,17H2,1-2H3/t25-,26?,27-,30+/m1/s1. The van der Waals surface area contributed by atoms with Gasteiger partial charge in [0.1, 0.15) is 6.10 Å². The van der Waals surface area contributed by atoms with Gasteiger partial charge in [0, 0.05) is 28.4 Å². The maximum Gasteiger partial charge on any atom is 0.339 e. The van der Waals surface area contributed by atoms with Crippen LogP contribution < -0.4 is 0 Å². The van der Waals surface area contributed by atoms with Crippen LogP contribution >= 0.6 is 23.2 Å². The second kappa shape index (κ2) is 11.3. The van der Waals surface area contributed by atoms with Crippen molar-refractivity contribution in [3.8, 4) is 0 Å². The number of nitrogens with zero attached hydrogens (tertiary/aromatic N) is 2. The van der Waals surface area contributed by atoms with Crippen LogP contribution in [0.5, 0.6) is 0 Å². The number of ether oxygens (including phenoxy) is 2. The quantitative estimate of drug-likeness (QED) is 0.356. The fraction of sp³-hybridized carbons (Fsp3) is 0.367. The van der Waals surface area contributed by atoms with E-state index in [1.165, 1.54) is 13.3 Å². The second-order valence-corrected chi connectivity index (χ2v) is 11.2. The summed E-state index contributed by atoms with van der Waals surface area (Å²) in [6.07, 6.45) is 2.89. The molecule has 5 rings (SSSR count). The average Bonchev–Trinajstić information content (AvgIpc) is 3.77. The number of halogens is 2. The molecule has 1 saturated carbocycles. The summed E-state index contributed by atoms with van der Waals surface area (Å²) in [7, 11) is 1.31. The Morgan fingerprint density at radius 2 is 1.87 bits per heavy atom. The van der Waals surface area contributed by atoms with Gasteiger partial charge in [-0.15, -0.1) is 0 Å². The number of hydrogen-bond donors (Lipinski definition) is 1. The topological polar surface area (TPSA) is 89.0 Å². The Kier molecular flexibility index (Phi) is 7.96. The van der Waals surface area contributed by atoms with Gasteiger partial charge < -0.3 is 19.5 Å². The van der Waals surface area contributed by atoms with Crippen LogP contribution in [0.2, 0.25) is 10.0 Å². The molecule has 1 N–H and O–H groups in total. The molecule has 1 aliphatic carbocycles. The predicted octanol–water partition coefficient (Wildman–Crippen LogP) is 5.59. The third-order valence-corrected chi connectivity index (χ3v) is 8.01. The lowest BCUT2D eigenvalue weighted by molar-refractivity contribution is -0.205. The first-order valence-electron chi connectivity index (χ1n) is 12.9. The molecule has 7 nitrogen and oxygen atoms in total. The summed E-state index contributed by atoms with van der Waals surface area (Å²) >= 11 is 12.6. The van der Waals surface area contributed by atoms with Gasteiger partial charge in [-0.3, -0.25) is 9.78 Å². The fourth-order valence-electron chi connectivity index (χ4n) is 5.40. The van der Waals surface area contributed by atoms with E-state index in [4.69, 9.17) is 32.7 Å². The summed E-state index contributed by atoms with van der Waals surface area (Å²) in [4.78, 5) is 32.6. The number of pyridine rings is 1. The van der Waals surface area contributed by atoms with Crippen molar-refractivity contribution in [2.75, 3.05) is 13.7 Å². The van der Waals surface area contributed by atoms with E-state index < -0.39 is 23.7 Å². The zero-order valence-electron chi connectivity index (χ0n) is 21.7. The Morgan fingerprint density at radius 3 is 2.46 bits per heavy atom. The number of aliphatic hydroxyl groups is 1. The Hall–Kier alpha value is -2.97. The lowest BCUT2D eigenvalue weighted by Gasteiger charge is -2.51. The van der Waals surface area contributed by atoms with Crippen LogP contribution in [0.1, 0.15) is 59.1 Å². The highest BCUT2D eigenvalue weighted by Crippen LogP contribution is 2.50.